The Hall–Kier alpha value is -2.86. The van der Waals surface area contributed by atoms with Gasteiger partial charge in [0.25, 0.3) is 5.91 Å². The molecule has 25 heavy (non-hydrogen) atoms. The van der Waals surface area contributed by atoms with Gasteiger partial charge in [0, 0.05) is 37.3 Å². The highest BCUT2D eigenvalue weighted by Gasteiger charge is 2.18. The van der Waals surface area contributed by atoms with Gasteiger partial charge in [-0.25, -0.2) is 0 Å². The molecule has 0 atom stereocenters. The molecule has 1 aliphatic rings. The van der Waals surface area contributed by atoms with Crippen LogP contribution in [0.4, 0.5) is 11.4 Å². The number of nitrogens with zero attached hydrogens (tertiary/aromatic N) is 2. The highest BCUT2D eigenvalue weighted by Crippen LogP contribution is 2.27. The van der Waals surface area contributed by atoms with E-state index in [9.17, 15) is 9.59 Å². The zero-order valence-corrected chi connectivity index (χ0v) is 14.2. The van der Waals surface area contributed by atoms with Crippen LogP contribution in [0.15, 0.2) is 48.5 Å². The van der Waals surface area contributed by atoms with Crippen molar-refractivity contribution in [1.82, 2.24) is 4.90 Å². The zero-order valence-electron chi connectivity index (χ0n) is 14.2. The molecule has 130 valence electrons. The summed E-state index contributed by atoms with van der Waals surface area (Å²) in [6.45, 7) is 3.81. The number of anilines is 2. The maximum atomic E-state index is 12.6. The molecule has 1 fully saturated rings. The molecule has 1 aliphatic heterocycles. The molecular formula is C19H22N4O2. The Bertz CT molecular complexity index is 782. The Labute approximate surface area is 147 Å². The number of carbonyl (C=O) groups excluding carboxylic acids is 2. The topological polar surface area (TPSA) is 78.7 Å². The fraction of sp³-hybridized carbons (Fsp3) is 0.263. The minimum absolute atomic E-state index is 0.260. The van der Waals surface area contributed by atoms with Crippen LogP contribution in [0.25, 0.3) is 0 Å². The predicted octanol–water partition coefficient (Wildman–Crippen LogP) is 1.79. The number of hydrogen-bond acceptors (Lipinski definition) is 4. The van der Waals surface area contributed by atoms with E-state index in [0.717, 1.165) is 37.6 Å². The second-order valence-electron chi connectivity index (χ2n) is 6.21. The molecule has 6 heteroatoms. The molecule has 6 nitrogen and oxygen atoms in total. The normalized spacial score (nSPS) is 15.0. The van der Waals surface area contributed by atoms with Crippen LogP contribution in [0.2, 0.25) is 0 Å². The van der Waals surface area contributed by atoms with E-state index in [2.05, 4.69) is 22.2 Å². The van der Waals surface area contributed by atoms with Gasteiger partial charge in [-0.3, -0.25) is 9.59 Å². The fourth-order valence-corrected chi connectivity index (χ4v) is 2.91. The summed E-state index contributed by atoms with van der Waals surface area (Å²) in [5.74, 6) is -0.808. The zero-order chi connectivity index (χ0) is 17.8. The summed E-state index contributed by atoms with van der Waals surface area (Å²) >= 11 is 0. The van der Waals surface area contributed by atoms with E-state index in [1.807, 2.05) is 24.3 Å². The molecule has 0 saturated carbocycles. The number of nitrogens with two attached hydrogens (primary N) is 1. The number of carbonyl (C=O) groups is 2. The standard InChI is InChI=1S/C19H22N4O2/c1-22-9-11-23(12-10-22)17-8-3-2-7-16(17)21-19(25)15-6-4-5-14(13-15)18(20)24/h2-8,13H,9-12H2,1H3,(H2,20,24)(H,21,25). The first-order valence-corrected chi connectivity index (χ1v) is 8.28. The first kappa shape index (κ1) is 17.0. The van der Waals surface area contributed by atoms with Crippen molar-refractivity contribution in [2.75, 3.05) is 43.4 Å². The number of rotatable bonds is 4. The molecule has 0 radical (unpaired) electrons. The van der Waals surface area contributed by atoms with E-state index in [-0.39, 0.29) is 5.91 Å². The fourth-order valence-electron chi connectivity index (χ4n) is 2.91. The molecule has 3 rings (SSSR count). The van der Waals surface area contributed by atoms with Crippen LogP contribution in [0, 0.1) is 0 Å². The molecule has 1 heterocycles. The third-order valence-electron chi connectivity index (χ3n) is 4.41. The maximum Gasteiger partial charge on any atom is 0.255 e. The van der Waals surface area contributed by atoms with Crippen LogP contribution in [-0.4, -0.2) is 49.9 Å². The average Bonchev–Trinajstić information content (AvgIpc) is 2.63. The van der Waals surface area contributed by atoms with E-state index < -0.39 is 5.91 Å². The van der Waals surface area contributed by atoms with Crippen molar-refractivity contribution in [2.45, 2.75) is 0 Å². The number of hydrogen-bond donors (Lipinski definition) is 2. The molecule has 0 spiro atoms. The monoisotopic (exact) mass is 338 g/mol. The van der Waals surface area contributed by atoms with Gasteiger partial charge in [-0.2, -0.15) is 0 Å². The van der Waals surface area contributed by atoms with E-state index in [0.29, 0.717) is 11.1 Å². The highest BCUT2D eigenvalue weighted by atomic mass is 16.2. The van der Waals surface area contributed by atoms with Crippen molar-refractivity contribution in [3.8, 4) is 0 Å². The van der Waals surface area contributed by atoms with Gasteiger partial charge in [0.2, 0.25) is 5.91 Å². The maximum absolute atomic E-state index is 12.6. The SMILES string of the molecule is CN1CCN(c2ccccc2NC(=O)c2cccc(C(N)=O)c2)CC1. The molecule has 0 aromatic heterocycles. The van der Waals surface area contributed by atoms with Gasteiger partial charge in [0.05, 0.1) is 11.4 Å². The van der Waals surface area contributed by atoms with Gasteiger partial charge in [-0.1, -0.05) is 18.2 Å². The van der Waals surface area contributed by atoms with E-state index in [1.165, 1.54) is 6.07 Å². The lowest BCUT2D eigenvalue weighted by Crippen LogP contribution is -2.44. The number of benzene rings is 2. The van der Waals surface area contributed by atoms with Gasteiger partial charge >= 0.3 is 0 Å². The summed E-state index contributed by atoms with van der Waals surface area (Å²) in [5, 5.41) is 2.96. The summed E-state index contributed by atoms with van der Waals surface area (Å²) in [6.07, 6.45) is 0. The largest absolute Gasteiger partial charge is 0.367 e. The molecule has 2 amide bonds. The Morgan fingerprint density at radius 1 is 0.960 bits per heavy atom. The van der Waals surface area contributed by atoms with Crippen molar-refractivity contribution in [1.29, 1.82) is 0 Å². The lowest BCUT2D eigenvalue weighted by Gasteiger charge is -2.35. The third-order valence-corrected chi connectivity index (χ3v) is 4.41. The quantitative estimate of drug-likeness (QED) is 0.891. The Morgan fingerprint density at radius 3 is 2.36 bits per heavy atom. The molecule has 0 bridgehead atoms. The van der Waals surface area contributed by atoms with Crippen LogP contribution < -0.4 is 16.0 Å². The molecule has 2 aromatic carbocycles. The number of piperazine rings is 1. The van der Waals surface area contributed by atoms with Gasteiger partial charge in [0.1, 0.15) is 0 Å². The van der Waals surface area contributed by atoms with Gasteiger partial charge in [0.15, 0.2) is 0 Å². The summed E-state index contributed by atoms with van der Waals surface area (Å²) in [6, 6.07) is 14.2. The molecule has 3 N–H and O–H groups in total. The number of primary amides is 1. The Kier molecular flexibility index (Phi) is 5.00. The number of amides is 2. The van der Waals surface area contributed by atoms with Crippen LogP contribution in [0.1, 0.15) is 20.7 Å². The van der Waals surface area contributed by atoms with Crippen molar-refractivity contribution in [3.63, 3.8) is 0 Å². The summed E-state index contributed by atoms with van der Waals surface area (Å²) in [5.41, 5.74) is 7.79. The second kappa shape index (κ2) is 7.36. The van der Waals surface area contributed by atoms with E-state index in [1.54, 1.807) is 18.2 Å². The van der Waals surface area contributed by atoms with Crippen LogP contribution >= 0.6 is 0 Å². The lowest BCUT2D eigenvalue weighted by atomic mass is 10.1. The van der Waals surface area contributed by atoms with E-state index in [4.69, 9.17) is 5.73 Å². The van der Waals surface area contributed by atoms with Gasteiger partial charge in [-0.05, 0) is 37.4 Å². The van der Waals surface area contributed by atoms with Gasteiger partial charge in [-0.15, -0.1) is 0 Å². The molecular weight excluding hydrogens is 316 g/mol. The van der Waals surface area contributed by atoms with Crippen molar-refractivity contribution in [2.24, 2.45) is 5.73 Å². The summed E-state index contributed by atoms with van der Waals surface area (Å²) in [4.78, 5) is 28.4. The summed E-state index contributed by atoms with van der Waals surface area (Å²) in [7, 11) is 2.11. The average molecular weight is 338 g/mol. The predicted molar refractivity (Wildman–Crippen MR) is 99.1 cm³/mol. The van der Waals surface area contributed by atoms with E-state index >= 15 is 0 Å². The van der Waals surface area contributed by atoms with Crippen molar-refractivity contribution >= 4 is 23.2 Å². The Morgan fingerprint density at radius 2 is 1.64 bits per heavy atom. The van der Waals surface area contributed by atoms with Crippen LogP contribution in [0.5, 0.6) is 0 Å². The van der Waals surface area contributed by atoms with Gasteiger partial charge < -0.3 is 20.9 Å². The first-order valence-electron chi connectivity index (χ1n) is 8.28. The van der Waals surface area contributed by atoms with Crippen molar-refractivity contribution in [3.05, 3.63) is 59.7 Å². The van der Waals surface area contributed by atoms with Crippen LogP contribution in [0.3, 0.4) is 0 Å². The summed E-state index contributed by atoms with van der Waals surface area (Å²) < 4.78 is 0. The minimum Gasteiger partial charge on any atom is -0.367 e. The number of para-hydroxylation sites is 2. The highest BCUT2D eigenvalue weighted by molar-refractivity contribution is 6.07. The Balaban J connectivity index is 1.80. The third kappa shape index (κ3) is 3.97. The lowest BCUT2D eigenvalue weighted by molar-refractivity contribution is 0.1000. The molecule has 2 aromatic rings. The van der Waals surface area contributed by atoms with Crippen LogP contribution in [-0.2, 0) is 0 Å². The minimum atomic E-state index is -0.549. The second-order valence-corrected chi connectivity index (χ2v) is 6.21. The molecule has 0 aliphatic carbocycles. The first-order chi connectivity index (χ1) is 12.0. The van der Waals surface area contributed by atoms with Crippen molar-refractivity contribution < 1.29 is 9.59 Å². The molecule has 1 saturated heterocycles. The smallest absolute Gasteiger partial charge is 0.255 e. The number of likely N-dealkylation sites (N-methyl/N-ethyl adjacent to an activating group) is 1. The molecule has 0 unspecified atom stereocenters. The number of nitrogens with one attached hydrogen (secondary N) is 1.